The number of carbonyl (C=O) groups is 1. The number of nitrogens with one attached hydrogen (secondary N) is 1. The van der Waals surface area contributed by atoms with E-state index in [1.54, 1.807) is 43.7 Å². The summed E-state index contributed by atoms with van der Waals surface area (Å²) in [6, 6.07) is 18.4. The van der Waals surface area contributed by atoms with Crippen molar-refractivity contribution in [1.29, 1.82) is 0 Å². The lowest BCUT2D eigenvalue weighted by Crippen LogP contribution is -2.23. The zero-order valence-electron chi connectivity index (χ0n) is 20.6. The van der Waals surface area contributed by atoms with E-state index in [9.17, 15) is 17.6 Å². The van der Waals surface area contributed by atoms with Crippen LogP contribution in [0.3, 0.4) is 0 Å². The normalized spacial score (nSPS) is 11.4. The lowest BCUT2D eigenvalue weighted by molar-refractivity contribution is 0.0950. The van der Waals surface area contributed by atoms with Gasteiger partial charge in [0.1, 0.15) is 5.82 Å². The van der Waals surface area contributed by atoms with Crippen molar-refractivity contribution in [3.8, 4) is 22.4 Å². The van der Waals surface area contributed by atoms with Crippen molar-refractivity contribution in [2.45, 2.75) is 18.4 Å². The highest BCUT2D eigenvalue weighted by Crippen LogP contribution is 2.28. The average molecular weight is 527 g/mol. The lowest BCUT2D eigenvalue weighted by Gasteiger charge is -2.10. The molecule has 9 heteroatoms. The molecule has 38 heavy (non-hydrogen) atoms. The third-order valence-corrected chi connectivity index (χ3v) is 7.36. The van der Waals surface area contributed by atoms with Gasteiger partial charge in [-0.05, 0) is 84.3 Å². The molecule has 7 nitrogen and oxygen atoms in total. The van der Waals surface area contributed by atoms with Crippen LogP contribution in [0.4, 0.5) is 4.39 Å². The van der Waals surface area contributed by atoms with Gasteiger partial charge in [0.05, 0.1) is 28.3 Å². The molecule has 5 rings (SSSR count). The third kappa shape index (κ3) is 5.42. The summed E-state index contributed by atoms with van der Waals surface area (Å²) < 4.78 is 38.5. The summed E-state index contributed by atoms with van der Waals surface area (Å²) in [5.74, 6) is -0.786. The van der Waals surface area contributed by atoms with Gasteiger partial charge >= 0.3 is 0 Å². The number of aromatic nitrogens is 3. The van der Waals surface area contributed by atoms with E-state index in [0.717, 1.165) is 22.8 Å². The summed E-state index contributed by atoms with van der Waals surface area (Å²) in [4.78, 5) is 26.0. The van der Waals surface area contributed by atoms with Crippen molar-refractivity contribution in [2.24, 2.45) is 0 Å². The molecule has 2 aromatic carbocycles. The van der Waals surface area contributed by atoms with Gasteiger partial charge in [0.2, 0.25) is 0 Å². The number of hydrogen-bond donors (Lipinski definition) is 1. The second kappa shape index (κ2) is 10.1. The topological polar surface area (TPSA) is 102 Å². The average Bonchev–Trinajstić information content (AvgIpc) is 2.91. The quantitative estimate of drug-likeness (QED) is 0.329. The molecular formula is C29H23FN4O3S. The van der Waals surface area contributed by atoms with Gasteiger partial charge in [0, 0.05) is 41.4 Å². The Morgan fingerprint density at radius 1 is 0.921 bits per heavy atom. The van der Waals surface area contributed by atoms with E-state index in [-0.39, 0.29) is 22.8 Å². The minimum atomic E-state index is -3.46. The van der Waals surface area contributed by atoms with Crippen LogP contribution in [-0.2, 0) is 16.4 Å². The highest BCUT2D eigenvalue weighted by molar-refractivity contribution is 7.90. The first-order valence-corrected chi connectivity index (χ1v) is 13.6. The van der Waals surface area contributed by atoms with Crippen molar-refractivity contribution in [1.82, 2.24) is 20.3 Å². The maximum atomic E-state index is 14.5. The number of rotatable bonds is 6. The zero-order valence-corrected chi connectivity index (χ0v) is 21.5. The minimum absolute atomic E-state index is 0.120. The third-order valence-electron chi connectivity index (χ3n) is 6.12. The van der Waals surface area contributed by atoms with Gasteiger partial charge in [-0.3, -0.25) is 14.8 Å². The van der Waals surface area contributed by atoms with Crippen LogP contribution < -0.4 is 5.32 Å². The number of pyridine rings is 3. The maximum Gasteiger partial charge on any atom is 0.251 e. The highest BCUT2D eigenvalue weighted by atomic mass is 32.2. The fourth-order valence-electron chi connectivity index (χ4n) is 4.18. The Kier molecular flexibility index (Phi) is 6.69. The molecule has 0 saturated heterocycles. The van der Waals surface area contributed by atoms with Crippen LogP contribution in [0.5, 0.6) is 0 Å². The Hall–Kier alpha value is -4.50. The predicted molar refractivity (Wildman–Crippen MR) is 144 cm³/mol. The molecule has 0 atom stereocenters. The molecule has 0 aliphatic rings. The molecule has 3 heterocycles. The van der Waals surface area contributed by atoms with Gasteiger partial charge in [-0.25, -0.2) is 17.8 Å². The Morgan fingerprint density at radius 2 is 1.68 bits per heavy atom. The number of fused-ring (bicyclic) bond motifs is 1. The van der Waals surface area contributed by atoms with Crippen molar-refractivity contribution in [2.75, 3.05) is 6.26 Å². The van der Waals surface area contributed by atoms with Crippen LogP contribution in [0, 0.1) is 12.7 Å². The fourth-order valence-corrected chi connectivity index (χ4v) is 5.17. The SMILES string of the molecule is Cc1ccc(C(=O)NCc2cc3nc(-c4cc(F)cc(-c5ccncc5)c4)ccc3cn2)cc1S(C)(=O)=O. The molecule has 1 amide bonds. The maximum absolute atomic E-state index is 14.5. The van der Waals surface area contributed by atoms with Gasteiger partial charge < -0.3 is 5.32 Å². The van der Waals surface area contributed by atoms with Crippen LogP contribution in [0.25, 0.3) is 33.3 Å². The van der Waals surface area contributed by atoms with E-state index >= 15 is 0 Å². The molecule has 1 N–H and O–H groups in total. The molecule has 0 saturated carbocycles. The number of amides is 1. The summed E-state index contributed by atoms with van der Waals surface area (Å²) in [5, 5.41) is 3.58. The molecule has 3 aromatic heterocycles. The van der Waals surface area contributed by atoms with E-state index in [1.807, 2.05) is 30.3 Å². The Morgan fingerprint density at radius 3 is 2.45 bits per heavy atom. The highest BCUT2D eigenvalue weighted by Gasteiger charge is 2.15. The summed E-state index contributed by atoms with van der Waals surface area (Å²) in [6.45, 7) is 1.80. The van der Waals surface area contributed by atoms with Crippen LogP contribution >= 0.6 is 0 Å². The number of sulfone groups is 1. The number of benzene rings is 2. The van der Waals surface area contributed by atoms with Gasteiger partial charge in [0.15, 0.2) is 9.84 Å². The Balaban J connectivity index is 1.39. The van der Waals surface area contributed by atoms with Crippen LogP contribution in [0.15, 0.2) is 90.2 Å². The minimum Gasteiger partial charge on any atom is -0.346 e. The Bertz CT molecular complexity index is 1790. The standard InChI is InChI=1S/C29H23FN4O3S/c1-18-3-4-20(14-28(18)38(2,36)37)29(35)33-17-25-15-27-21(16-32-25)5-6-26(34-27)23-11-22(12-24(30)13-23)19-7-9-31-10-8-19/h3-16H,17H2,1-2H3,(H,33,35). The van der Waals surface area contributed by atoms with E-state index < -0.39 is 15.7 Å². The molecule has 0 fully saturated rings. The molecule has 0 unspecified atom stereocenters. The van der Waals surface area contributed by atoms with Crippen LogP contribution in [0.1, 0.15) is 21.6 Å². The zero-order chi connectivity index (χ0) is 26.9. The van der Waals surface area contributed by atoms with Crippen molar-refractivity contribution in [3.63, 3.8) is 0 Å². The number of halogens is 1. The molecule has 0 spiro atoms. The van der Waals surface area contributed by atoms with Gasteiger partial charge in [-0.2, -0.15) is 0 Å². The summed E-state index contributed by atoms with van der Waals surface area (Å²) in [6.07, 6.45) is 6.09. The van der Waals surface area contributed by atoms with Gasteiger partial charge in [-0.15, -0.1) is 0 Å². The first kappa shape index (κ1) is 25.2. The number of aryl methyl sites for hydroxylation is 1. The van der Waals surface area contributed by atoms with Crippen molar-refractivity contribution >= 4 is 26.6 Å². The van der Waals surface area contributed by atoms with Gasteiger partial charge in [-0.1, -0.05) is 6.07 Å². The van der Waals surface area contributed by atoms with Crippen molar-refractivity contribution < 1.29 is 17.6 Å². The monoisotopic (exact) mass is 526 g/mol. The molecular weight excluding hydrogens is 503 g/mol. The lowest BCUT2D eigenvalue weighted by atomic mass is 10.0. The van der Waals surface area contributed by atoms with E-state index in [1.165, 1.54) is 18.2 Å². The first-order chi connectivity index (χ1) is 18.2. The predicted octanol–water partition coefficient (Wildman–Crippen LogP) is 5.14. The molecule has 0 aliphatic carbocycles. The number of nitrogens with zero attached hydrogens (tertiary/aromatic N) is 3. The molecule has 0 radical (unpaired) electrons. The van der Waals surface area contributed by atoms with Gasteiger partial charge in [0.25, 0.3) is 5.91 Å². The van der Waals surface area contributed by atoms with E-state index in [0.29, 0.717) is 28.0 Å². The molecule has 0 bridgehead atoms. The van der Waals surface area contributed by atoms with E-state index in [2.05, 4.69) is 15.3 Å². The molecule has 5 aromatic rings. The largest absolute Gasteiger partial charge is 0.346 e. The summed E-state index contributed by atoms with van der Waals surface area (Å²) in [5.41, 5.74) is 4.84. The second-order valence-electron chi connectivity index (χ2n) is 8.96. The first-order valence-electron chi connectivity index (χ1n) is 11.7. The summed E-state index contributed by atoms with van der Waals surface area (Å²) in [7, 11) is -3.46. The smallest absolute Gasteiger partial charge is 0.251 e. The molecule has 190 valence electrons. The van der Waals surface area contributed by atoms with Crippen molar-refractivity contribution in [3.05, 3.63) is 108 Å². The van der Waals surface area contributed by atoms with Crippen LogP contribution in [-0.4, -0.2) is 35.5 Å². The molecule has 0 aliphatic heterocycles. The second-order valence-corrected chi connectivity index (χ2v) is 10.9. The summed E-state index contributed by atoms with van der Waals surface area (Å²) >= 11 is 0. The Labute approximate surface area is 219 Å². The fraction of sp³-hybridized carbons (Fsp3) is 0.103. The number of carbonyl (C=O) groups excluding carboxylic acids is 1. The van der Waals surface area contributed by atoms with E-state index in [4.69, 9.17) is 4.98 Å². The van der Waals surface area contributed by atoms with Crippen LogP contribution in [0.2, 0.25) is 0 Å². The number of hydrogen-bond acceptors (Lipinski definition) is 6.